The second-order valence-corrected chi connectivity index (χ2v) is 9.90. The lowest BCUT2D eigenvalue weighted by atomic mass is 9.96. The van der Waals surface area contributed by atoms with Crippen molar-refractivity contribution in [3.8, 4) is 0 Å². The van der Waals surface area contributed by atoms with E-state index in [4.69, 9.17) is 4.74 Å². The monoisotopic (exact) mass is 546 g/mol. The summed E-state index contributed by atoms with van der Waals surface area (Å²) in [4.78, 5) is 53.1. The summed E-state index contributed by atoms with van der Waals surface area (Å²) in [6, 6.07) is 11.0. The minimum absolute atomic E-state index is 0.152. The normalized spacial score (nSPS) is 17.8. The molecule has 0 N–H and O–H groups in total. The number of nitrogens with zero attached hydrogens (tertiary/aromatic N) is 2. The van der Waals surface area contributed by atoms with Crippen molar-refractivity contribution in [2.24, 2.45) is 5.92 Å². The number of likely N-dealkylation sites (tertiary alicyclic amines) is 1. The first-order valence-electron chi connectivity index (χ1n) is 12.0. The van der Waals surface area contributed by atoms with Crippen LogP contribution < -0.4 is 0 Å². The van der Waals surface area contributed by atoms with Gasteiger partial charge < -0.3 is 9.64 Å². The molecule has 0 spiro atoms. The van der Waals surface area contributed by atoms with Crippen molar-refractivity contribution in [3.63, 3.8) is 0 Å². The number of thioether (sulfide) groups is 1. The van der Waals surface area contributed by atoms with Gasteiger partial charge in [-0.2, -0.15) is 13.2 Å². The predicted molar refractivity (Wildman–Crippen MR) is 135 cm³/mol. The Morgan fingerprint density at radius 1 is 1.08 bits per heavy atom. The highest BCUT2D eigenvalue weighted by atomic mass is 32.2. The van der Waals surface area contributed by atoms with Crippen LogP contribution in [0.1, 0.15) is 46.8 Å². The van der Waals surface area contributed by atoms with Crippen molar-refractivity contribution in [2.45, 2.75) is 32.5 Å². The first kappa shape index (κ1) is 27.4. The summed E-state index contributed by atoms with van der Waals surface area (Å²) in [5.41, 5.74) is 0.545. The molecule has 11 heteroatoms. The first-order chi connectivity index (χ1) is 18.1. The Balaban J connectivity index is 1.41. The Hall–Kier alpha value is -3.60. The fourth-order valence-electron chi connectivity index (χ4n) is 4.29. The second kappa shape index (κ2) is 11.4. The van der Waals surface area contributed by atoms with Gasteiger partial charge in [0.25, 0.3) is 17.1 Å². The summed E-state index contributed by atoms with van der Waals surface area (Å²) in [6.07, 6.45) is -1.91. The summed E-state index contributed by atoms with van der Waals surface area (Å²) >= 11 is 0.732. The molecule has 0 unspecified atom stereocenters. The number of hydrogen-bond donors (Lipinski definition) is 0. The number of piperidine rings is 1. The molecule has 2 aliphatic heterocycles. The van der Waals surface area contributed by atoms with Crippen molar-refractivity contribution in [2.75, 3.05) is 19.7 Å². The summed E-state index contributed by atoms with van der Waals surface area (Å²) in [7, 11) is 0. The minimum Gasteiger partial charge on any atom is -0.466 e. The topological polar surface area (TPSA) is 84.0 Å². The molecule has 0 aliphatic carbocycles. The molecule has 2 fully saturated rings. The van der Waals surface area contributed by atoms with Crippen LogP contribution in [0.25, 0.3) is 6.08 Å². The maximum absolute atomic E-state index is 13.0. The van der Waals surface area contributed by atoms with Gasteiger partial charge in [0.05, 0.1) is 29.5 Å². The van der Waals surface area contributed by atoms with Crippen LogP contribution in [0.15, 0.2) is 53.4 Å². The van der Waals surface area contributed by atoms with Crippen LogP contribution in [-0.4, -0.2) is 52.5 Å². The van der Waals surface area contributed by atoms with Gasteiger partial charge in [0.15, 0.2) is 0 Å². The zero-order valence-electron chi connectivity index (χ0n) is 20.5. The van der Waals surface area contributed by atoms with Crippen LogP contribution in [0.5, 0.6) is 0 Å². The molecule has 4 rings (SSSR count). The number of amides is 3. The highest BCUT2D eigenvalue weighted by Crippen LogP contribution is 2.34. The number of benzene rings is 2. The van der Waals surface area contributed by atoms with Crippen LogP contribution in [-0.2, 0) is 27.0 Å². The smallest absolute Gasteiger partial charge is 0.416 e. The molecular weight excluding hydrogens is 521 g/mol. The zero-order chi connectivity index (χ0) is 27.4. The van der Waals surface area contributed by atoms with E-state index >= 15 is 0 Å². The molecule has 200 valence electrons. The summed E-state index contributed by atoms with van der Waals surface area (Å²) in [5, 5.41) is -0.530. The average Bonchev–Trinajstić information content (AvgIpc) is 3.15. The van der Waals surface area contributed by atoms with Crippen LogP contribution in [0.3, 0.4) is 0 Å². The zero-order valence-corrected chi connectivity index (χ0v) is 21.3. The van der Waals surface area contributed by atoms with E-state index in [9.17, 15) is 32.3 Å². The van der Waals surface area contributed by atoms with Crippen LogP contribution in [0, 0.1) is 5.92 Å². The van der Waals surface area contributed by atoms with E-state index in [-0.39, 0.29) is 29.2 Å². The van der Waals surface area contributed by atoms with E-state index < -0.39 is 22.9 Å². The molecule has 3 amide bonds. The largest absolute Gasteiger partial charge is 0.466 e. The third-order valence-corrected chi connectivity index (χ3v) is 7.24. The van der Waals surface area contributed by atoms with E-state index in [0.29, 0.717) is 49.2 Å². The molecule has 2 aliphatic rings. The molecule has 7 nitrogen and oxygen atoms in total. The lowest BCUT2D eigenvalue weighted by Gasteiger charge is -2.31. The number of esters is 1. The van der Waals surface area contributed by atoms with Gasteiger partial charge in [0.2, 0.25) is 0 Å². The molecule has 0 saturated carbocycles. The lowest BCUT2D eigenvalue weighted by Crippen LogP contribution is -2.40. The average molecular weight is 547 g/mol. The quantitative estimate of drug-likeness (QED) is 0.359. The number of alkyl halides is 3. The maximum Gasteiger partial charge on any atom is 0.416 e. The Morgan fingerprint density at radius 2 is 1.76 bits per heavy atom. The van der Waals surface area contributed by atoms with Crippen LogP contribution in [0.4, 0.5) is 18.0 Å². The number of halogens is 3. The fourth-order valence-corrected chi connectivity index (χ4v) is 5.13. The molecule has 0 aromatic heterocycles. The maximum atomic E-state index is 13.0. The summed E-state index contributed by atoms with van der Waals surface area (Å²) in [6.45, 7) is 2.77. The number of hydrogen-bond acceptors (Lipinski definition) is 6. The second-order valence-electron chi connectivity index (χ2n) is 8.91. The molecule has 2 aromatic carbocycles. The molecular formula is C27H25F3N2O5S. The lowest BCUT2D eigenvalue weighted by molar-refractivity contribution is -0.149. The van der Waals surface area contributed by atoms with Gasteiger partial charge in [-0.15, -0.1) is 0 Å². The Bertz CT molecular complexity index is 1270. The third-order valence-electron chi connectivity index (χ3n) is 6.33. The Morgan fingerprint density at radius 3 is 2.39 bits per heavy atom. The van der Waals surface area contributed by atoms with Gasteiger partial charge >= 0.3 is 12.1 Å². The van der Waals surface area contributed by atoms with Gasteiger partial charge in [-0.05, 0) is 73.0 Å². The highest BCUT2D eigenvalue weighted by molar-refractivity contribution is 8.18. The van der Waals surface area contributed by atoms with Gasteiger partial charge in [-0.3, -0.25) is 24.1 Å². The van der Waals surface area contributed by atoms with Gasteiger partial charge in [-0.1, -0.05) is 24.3 Å². The van der Waals surface area contributed by atoms with Gasteiger partial charge in [0.1, 0.15) is 0 Å². The Kier molecular flexibility index (Phi) is 8.25. The van der Waals surface area contributed by atoms with Crippen molar-refractivity contribution < 1.29 is 37.1 Å². The van der Waals surface area contributed by atoms with Crippen molar-refractivity contribution in [3.05, 3.63) is 75.7 Å². The van der Waals surface area contributed by atoms with E-state index in [1.807, 2.05) is 0 Å². The molecule has 2 aromatic rings. The fraction of sp³-hybridized carbons (Fsp3) is 0.333. The molecule has 0 radical (unpaired) electrons. The minimum atomic E-state index is -4.47. The molecule has 38 heavy (non-hydrogen) atoms. The number of ether oxygens (including phenoxy) is 1. The number of carbonyl (C=O) groups is 4. The predicted octanol–water partition coefficient (Wildman–Crippen LogP) is 5.36. The third kappa shape index (κ3) is 6.27. The van der Waals surface area contributed by atoms with Crippen LogP contribution >= 0.6 is 11.8 Å². The number of rotatable bonds is 6. The van der Waals surface area contributed by atoms with Gasteiger partial charge in [0, 0.05) is 18.7 Å². The molecule has 0 bridgehead atoms. The van der Waals surface area contributed by atoms with Gasteiger partial charge in [-0.25, -0.2) is 0 Å². The highest BCUT2D eigenvalue weighted by Gasteiger charge is 2.36. The molecule has 0 atom stereocenters. The van der Waals surface area contributed by atoms with Crippen molar-refractivity contribution in [1.29, 1.82) is 0 Å². The van der Waals surface area contributed by atoms with Crippen molar-refractivity contribution in [1.82, 2.24) is 9.80 Å². The first-order valence-corrected chi connectivity index (χ1v) is 12.9. The van der Waals surface area contributed by atoms with E-state index in [2.05, 4.69) is 0 Å². The van der Waals surface area contributed by atoms with E-state index in [0.717, 1.165) is 28.8 Å². The number of imide groups is 1. The molecule has 2 heterocycles. The van der Waals surface area contributed by atoms with E-state index in [1.165, 1.54) is 18.2 Å². The summed E-state index contributed by atoms with van der Waals surface area (Å²) in [5.74, 6) is -1.21. The van der Waals surface area contributed by atoms with Crippen LogP contribution in [0.2, 0.25) is 0 Å². The molecule has 2 saturated heterocycles. The SMILES string of the molecule is CCOC(=O)C1CCN(C(=O)c2cccc(C=C3SC(=O)N(Cc4ccc(C(F)(F)F)cc4)C3=O)c2)CC1. The number of carbonyl (C=O) groups excluding carboxylic acids is 4. The summed E-state index contributed by atoms with van der Waals surface area (Å²) < 4.78 is 43.4. The standard InChI is InChI=1S/C27H25F3N2O5S/c1-2-37-25(35)19-10-12-31(13-11-19)23(33)20-5-3-4-18(14-20)15-22-24(34)32(26(36)38-22)16-17-6-8-21(9-7-17)27(28,29)30/h3-9,14-15,19H,2,10-13,16H2,1H3. The van der Waals surface area contributed by atoms with Crippen molar-refractivity contribution >= 4 is 40.9 Å². The van der Waals surface area contributed by atoms with E-state index in [1.54, 1.807) is 36.1 Å². The Labute approximate surface area is 221 Å².